The van der Waals surface area contributed by atoms with E-state index in [0.717, 1.165) is 17.9 Å². The van der Waals surface area contributed by atoms with Gasteiger partial charge in [0.1, 0.15) is 5.52 Å². The number of imidazole rings is 1. The van der Waals surface area contributed by atoms with Crippen LogP contribution in [0.2, 0.25) is 5.28 Å². The van der Waals surface area contributed by atoms with E-state index in [-0.39, 0.29) is 5.28 Å². The van der Waals surface area contributed by atoms with Crippen molar-refractivity contribution in [1.29, 1.82) is 0 Å². The molecule has 0 aliphatic carbocycles. The SMILES string of the molecule is CC1CCCN(c2nc(Cl)nc3nc[nH]c23)C1C. The van der Waals surface area contributed by atoms with Crippen LogP contribution in [0.4, 0.5) is 5.82 Å². The fourth-order valence-corrected chi connectivity index (χ4v) is 2.79. The van der Waals surface area contributed by atoms with Gasteiger partial charge < -0.3 is 9.88 Å². The molecule has 18 heavy (non-hydrogen) atoms. The number of fused-ring (bicyclic) bond motifs is 1. The Labute approximate surface area is 111 Å². The van der Waals surface area contributed by atoms with Crippen LogP contribution in [0.3, 0.4) is 0 Å². The fraction of sp³-hybridized carbons (Fsp3) is 0.583. The summed E-state index contributed by atoms with van der Waals surface area (Å²) in [4.78, 5) is 18.1. The number of H-pyrrole nitrogens is 1. The minimum Gasteiger partial charge on any atom is -0.352 e. The quantitative estimate of drug-likeness (QED) is 0.806. The van der Waals surface area contributed by atoms with Crippen LogP contribution in [0.25, 0.3) is 11.2 Å². The first-order valence-electron chi connectivity index (χ1n) is 6.30. The van der Waals surface area contributed by atoms with Gasteiger partial charge in [0.2, 0.25) is 5.28 Å². The van der Waals surface area contributed by atoms with Crippen LogP contribution in [-0.2, 0) is 0 Å². The van der Waals surface area contributed by atoms with E-state index in [1.165, 1.54) is 12.8 Å². The molecular weight excluding hydrogens is 250 g/mol. The maximum atomic E-state index is 5.98. The number of anilines is 1. The van der Waals surface area contributed by atoms with Gasteiger partial charge in [-0.1, -0.05) is 6.92 Å². The summed E-state index contributed by atoms with van der Waals surface area (Å²) in [6.07, 6.45) is 4.09. The highest BCUT2D eigenvalue weighted by atomic mass is 35.5. The summed E-state index contributed by atoms with van der Waals surface area (Å²) < 4.78 is 0. The number of rotatable bonds is 1. The third-order valence-corrected chi connectivity index (χ3v) is 4.05. The van der Waals surface area contributed by atoms with Crippen molar-refractivity contribution in [3.8, 4) is 0 Å². The summed E-state index contributed by atoms with van der Waals surface area (Å²) in [7, 11) is 0. The molecule has 2 aromatic rings. The van der Waals surface area contributed by atoms with E-state index in [1.54, 1.807) is 6.33 Å². The lowest BCUT2D eigenvalue weighted by Crippen LogP contribution is -2.43. The zero-order valence-electron chi connectivity index (χ0n) is 10.5. The second kappa shape index (κ2) is 4.39. The minimum atomic E-state index is 0.259. The van der Waals surface area contributed by atoms with Gasteiger partial charge in [-0.2, -0.15) is 9.97 Å². The van der Waals surface area contributed by atoms with E-state index >= 15 is 0 Å². The molecule has 1 N–H and O–H groups in total. The predicted octanol–water partition coefficient (Wildman–Crippen LogP) is 2.63. The topological polar surface area (TPSA) is 57.7 Å². The van der Waals surface area contributed by atoms with Gasteiger partial charge in [-0.05, 0) is 37.3 Å². The molecule has 3 heterocycles. The third-order valence-electron chi connectivity index (χ3n) is 3.88. The van der Waals surface area contributed by atoms with Crippen LogP contribution < -0.4 is 4.90 Å². The van der Waals surface area contributed by atoms with Crippen LogP contribution in [0.5, 0.6) is 0 Å². The zero-order chi connectivity index (χ0) is 12.7. The lowest BCUT2D eigenvalue weighted by Gasteiger charge is -2.38. The molecule has 0 amide bonds. The van der Waals surface area contributed by atoms with Crippen LogP contribution in [0.15, 0.2) is 6.33 Å². The number of halogens is 1. The van der Waals surface area contributed by atoms with Crippen LogP contribution >= 0.6 is 11.6 Å². The first-order valence-corrected chi connectivity index (χ1v) is 6.68. The Balaban J connectivity index is 2.10. The molecule has 0 saturated carbocycles. The highest BCUT2D eigenvalue weighted by Gasteiger charge is 2.27. The van der Waals surface area contributed by atoms with Crippen molar-refractivity contribution >= 4 is 28.6 Å². The van der Waals surface area contributed by atoms with Gasteiger partial charge in [-0.25, -0.2) is 4.98 Å². The second-order valence-corrected chi connectivity index (χ2v) is 5.31. The van der Waals surface area contributed by atoms with Crippen molar-refractivity contribution in [1.82, 2.24) is 19.9 Å². The first-order chi connectivity index (χ1) is 8.66. The average Bonchev–Trinajstić information content (AvgIpc) is 2.79. The molecule has 2 aromatic heterocycles. The summed E-state index contributed by atoms with van der Waals surface area (Å²) in [6.45, 7) is 5.53. The Morgan fingerprint density at radius 1 is 1.39 bits per heavy atom. The molecule has 1 saturated heterocycles. The maximum Gasteiger partial charge on any atom is 0.226 e. The van der Waals surface area contributed by atoms with Crippen LogP contribution in [0.1, 0.15) is 26.7 Å². The minimum absolute atomic E-state index is 0.259. The van der Waals surface area contributed by atoms with E-state index in [2.05, 4.69) is 38.7 Å². The normalized spacial score (nSPS) is 24.7. The van der Waals surface area contributed by atoms with Gasteiger partial charge in [0.05, 0.1) is 6.33 Å². The zero-order valence-corrected chi connectivity index (χ0v) is 11.3. The number of piperidine rings is 1. The fourth-order valence-electron chi connectivity index (χ4n) is 2.63. The highest BCUT2D eigenvalue weighted by Crippen LogP contribution is 2.31. The summed E-state index contributed by atoms with van der Waals surface area (Å²) in [5.41, 5.74) is 1.51. The summed E-state index contributed by atoms with van der Waals surface area (Å²) in [5, 5.41) is 0.259. The van der Waals surface area contributed by atoms with E-state index in [9.17, 15) is 0 Å². The van der Waals surface area contributed by atoms with Crippen molar-refractivity contribution in [3.05, 3.63) is 11.6 Å². The lowest BCUT2D eigenvalue weighted by atomic mass is 9.92. The molecule has 0 radical (unpaired) electrons. The molecule has 0 bridgehead atoms. The van der Waals surface area contributed by atoms with Crippen molar-refractivity contribution in [2.24, 2.45) is 5.92 Å². The number of hydrogen-bond acceptors (Lipinski definition) is 4. The standard InChI is InChI=1S/C12H16ClN5/c1-7-4-3-5-18(8(7)2)11-9-10(15-6-14-9)16-12(13)17-11/h6-8H,3-5H2,1-2H3,(H,14,15,16,17). The Bertz CT molecular complexity index is 567. The number of hydrogen-bond donors (Lipinski definition) is 1. The average molecular weight is 266 g/mol. The van der Waals surface area contributed by atoms with Gasteiger partial charge in [0.15, 0.2) is 11.5 Å². The summed E-state index contributed by atoms with van der Waals surface area (Å²) in [5.74, 6) is 1.53. The molecule has 5 nitrogen and oxygen atoms in total. The first kappa shape index (κ1) is 11.7. The van der Waals surface area contributed by atoms with E-state index < -0.39 is 0 Å². The number of aromatic nitrogens is 4. The van der Waals surface area contributed by atoms with Crippen LogP contribution in [-0.4, -0.2) is 32.5 Å². The summed E-state index contributed by atoms with van der Waals surface area (Å²) >= 11 is 5.98. The molecule has 1 aliphatic rings. The number of aromatic amines is 1. The molecule has 3 rings (SSSR count). The van der Waals surface area contributed by atoms with Crippen molar-refractivity contribution in [2.75, 3.05) is 11.4 Å². The molecule has 0 spiro atoms. The molecule has 96 valence electrons. The molecule has 2 atom stereocenters. The van der Waals surface area contributed by atoms with Gasteiger partial charge in [0.25, 0.3) is 0 Å². The van der Waals surface area contributed by atoms with Crippen molar-refractivity contribution in [3.63, 3.8) is 0 Å². The smallest absolute Gasteiger partial charge is 0.226 e. The van der Waals surface area contributed by atoms with E-state index in [1.807, 2.05) is 0 Å². The Kier molecular flexibility index (Phi) is 2.86. The monoisotopic (exact) mass is 265 g/mol. The van der Waals surface area contributed by atoms with E-state index in [0.29, 0.717) is 17.6 Å². The van der Waals surface area contributed by atoms with Gasteiger partial charge >= 0.3 is 0 Å². The number of nitrogens with zero attached hydrogens (tertiary/aromatic N) is 4. The van der Waals surface area contributed by atoms with E-state index in [4.69, 9.17) is 11.6 Å². The van der Waals surface area contributed by atoms with Crippen LogP contribution in [0, 0.1) is 5.92 Å². The third kappa shape index (κ3) is 1.82. The molecule has 1 aliphatic heterocycles. The molecule has 0 aromatic carbocycles. The summed E-state index contributed by atoms with van der Waals surface area (Å²) in [6, 6.07) is 0.455. The van der Waals surface area contributed by atoms with Crippen molar-refractivity contribution in [2.45, 2.75) is 32.7 Å². The Morgan fingerprint density at radius 3 is 3.06 bits per heavy atom. The second-order valence-electron chi connectivity index (χ2n) is 4.97. The van der Waals surface area contributed by atoms with Crippen molar-refractivity contribution < 1.29 is 0 Å². The molecular formula is C12H16ClN5. The van der Waals surface area contributed by atoms with Gasteiger partial charge in [-0.15, -0.1) is 0 Å². The largest absolute Gasteiger partial charge is 0.352 e. The Morgan fingerprint density at radius 2 is 2.22 bits per heavy atom. The molecule has 6 heteroatoms. The Hall–Kier alpha value is -1.36. The highest BCUT2D eigenvalue weighted by molar-refractivity contribution is 6.28. The predicted molar refractivity (Wildman–Crippen MR) is 71.9 cm³/mol. The van der Waals surface area contributed by atoms with Gasteiger partial charge in [-0.3, -0.25) is 0 Å². The number of nitrogens with one attached hydrogen (secondary N) is 1. The molecule has 1 fully saturated rings. The lowest BCUT2D eigenvalue weighted by molar-refractivity contribution is 0.362. The molecule has 2 unspecified atom stereocenters. The van der Waals surface area contributed by atoms with Gasteiger partial charge in [0, 0.05) is 12.6 Å². The maximum absolute atomic E-state index is 5.98.